The third-order valence-electron chi connectivity index (χ3n) is 3.69. The zero-order valence-electron chi connectivity index (χ0n) is 9.09. The summed E-state index contributed by atoms with van der Waals surface area (Å²) in [7, 11) is 0. The third-order valence-corrected chi connectivity index (χ3v) is 3.69. The molecule has 0 radical (unpaired) electrons. The number of hydrogen-bond donors (Lipinski definition) is 1. The Morgan fingerprint density at radius 1 is 1.23 bits per heavy atom. The summed E-state index contributed by atoms with van der Waals surface area (Å²) in [5, 5.41) is 0. The normalized spacial score (nSPS) is 41.1. The van der Waals surface area contributed by atoms with E-state index in [0.717, 1.165) is 5.92 Å². The van der Waals surface area contributed by atoms with Crippen molar-refractivity contribution in [3.63, 3.8) is 0 Å². The average molecular weight is 182 g/mol. The second kappa shape index (κ2) is 2.96. The molecule has 0 spiro atoms. The van der Waals surface area contributed by atoms with Gasteiger partial charge < -0.3 is 5.73 Å². The molecule has 2 aliphatic heterocycles. The zero-order valence-corrected chi connectivity index (χ0v) is 9.09. The molecule has 1 aliphatic carbocycles. The van der Waals surface area contributed by atoms with Gasteiger partial charge >= 0.3 is 0 Å². The fourth-order valence-corrected chi connectivity index (χ4v) is 3.02. The molecule has 0 aromatic carbocycles. The number of nitrogens with zero attached hydrogens (tertiary/aromatic N) is 1. The number of nitrogens with two attached hydrogens (primary N) is 1. The van der Waals surface area contributed by atoms with Gasteiger partial charge in [0.1, 0.15) is 0 Å². The summed E-state index contributed by atoms with van der Waals surface area (Å²) >= 11 is 0. The summed E-state index contributed by atoms with van der Waals surface area (Å²) in [6.07, 6.45) is 3.99. The fourth-order valence-electron chi connectivity index (χ4n) is 3.02. The zero-order chi connectivity index (χ0) is 9.64. The molecule has 2 nitrogen and oxygen atoms in total. The predicted molar refractivity (Wildman–Crippen MR) is 55.6 cm³/mol. The molecule has 0 amide bonds. The van der Waals surface area contributed by atoms with Crippen LogP contribution in [0.25, 0.3) is 0 Å². The third kappa shape index (κ3) is 1.62. The van der Waals surface area contributed by atoms with E-state index in [1.54, 1.807) is 0 Å². The monoisotopic (exact) mass is 182 g/mol. The molecule has 3 fully saturated rings. The van der Waals surface area contributed by atoms with Gasteiger partial charge in [-0.15, -0.1) is 0 Å². The van der Waals surface area contributed by atoms with Crippen molar-refractivity contribution in [3.05, 3.63) is 0 Å². The predicted octanol–water partition coefficient (Wildman–Crippen LogP) is 1.60. The Morgan fingerprint density at radius 3 is 2.31 bits per heavy atom. The minimum absolute atomic E-state index is 0.307. The maximum Gasteiger partial charge on any atom is 0.0252 e. The summed E-state index contributed by atoms with van der Waals surface area (Å²) in [5.41, 5.74) is 6.47. The van der Waals surface area contributed by atoms with Crippen molar-refractivity contribution in [1.82, 2.24) is 4.90 Å². The minimum Gasteiger partial charge on any atom is -0.326 e. The Morgan fingerprint density at radius 2 is 1.92 bits per heavy atom. The lowest BCUT2D eigenvalue weighted by Crippen LogP contribution is -2.63. The standard InChI is InChI=1S/C11H22N2/c1-11(2,3)13-7-8-4-5-10(13)9(12)6-8/h8-10H,4-7,12H2,1-3H3. The Kier molecular flexibility index (Phi) is 2.16. The lowest BCUT2D eigenvalue weighted by Gasteiger charge is -2.54. The molecule has 76 valence electrons. The van der Waals surface area contributed by atoms with Crippen molar-refractivity contribution < 1.29 is 0 Å². The van der Waals surface area contributed by atoms with Crippen LogP contribution in [0.1, 0.15) is 40.0 Å². The maximum absolute atomic E-state index is 6.17. The van der Waals surface area contributed by atoms with Crippen LogP contribution >= 0.6 is 0 Å². The molecule has 3 rings (SSSR count). The minimum atomic E-state index is 0.307. The summed E-state index contributed by atoms with van der Waals surface area (Å²) in [6.45, 7) is 8.20. The number of rotatable bonds is 0. The molecule has 2 bridgehead atoms. The second-order valence-corrected chi connectivity index (χ2v) is 5.73. The number of piperidine rings is 2. The molecular weight excluding hydrogens is 160 g/mol. The maximum atomic E-state index is 6.17. The lowest BCUT2D eigenvalue weighted by molar-refractivity contribution is -0.0283. The first kappa shape index (κ1) is 9.47. The van der Waals surface area contributed by atoms with Gasteiger partial charge in [-0.1, -0.05) is 0 Å². The topological polar surface area (TPSA) is 29.3 Å². The van der Waals surface area contributed by atoms with Crippen LogP contribution in [0.15, 0.2) is 0 Å². The molecule has 2 saturated heterocycles. The molecule has 0 aromatic heterocycles. The van der Waals surface area contributed by atoms with Gasteiger partial charge in [0.15, 0.2) is 0 Å². The Hall–Kier alpha value is -0.0800. The summed E-state index contributed by atoms with van der Waals surface area (Å²) in [5.74, 6) is 0.874. The van der Waals surface area contributed by atoms with Crippen LogP contribution in [-0.2, 0) is 0 Å². The number of fused-ring (bicyclic) bond motifs is 3. The van der Waals surface area contributed by atoms with E-state index in [1.165, 1.54) is 25.8 Å². The van der Waals surface area contributed by atoms with Gasteiger partial charge in [-0.05, 0) is 46.0 Å². The highest BCUT2D eigenvalue weighted by Crippen LogP contribution is 2.37. The van der Waals surface area contributed by atoms with Crippen LogP contribution in [0.2, 0.25) is 0 Å². The van der Waals surface area contributed by atoms with E-state index in [0.29, 0.717) is 17.6 Å². The first-order valence-electron chi connectivity index (χ1n) is 5.51. The fraction of sp³-hybridized carbons (Fsp3) is 1.00. The average Bonchev–Trinajstić information content (AvgIpc) is 2.03. The van der Waals surface area contributed by atoms with E-state index < -0.39 is 0 Å². The SMILES string of the molecule is CC(C)(C)N1CC2CCC1C(N)C2. The van der Waals surface area contributed by atoms with Crippen LogP contribution in [0.5, 0.6) is 0 Å². The Bertz CT molecular complexity index is 195. The van der Waals surface area contributed by atoms with Gasteiger partial charge in [0.2, 0.25) is 0 Å². The first-order valence-corrected chi connectivity index (χ1v) is 5.51. The first-order chi connectivity index (χ1) is 5.98. The highest BCUT2D eigenvalue weighted by atomic mass is 15.2. The summed E-state index contributed by atoms with van der Waals surface area (Å²) < 4.78 is 0. The van der Waals surface area contributed by atoms with Crippen molar-refractivity contribution in [2.45, 2.75) is 57.7 Å². The van der Waals surface area contributed by atoms with Gasteiger partial charge in [-0.25, -0.2) is 0 Å². The molecule has 2 N–H and O–H groups in total. The van der Waals surface area contributed by atoms with Crippen molar-refractivity contribution >= 4 is 0 Å². The highest BCUT2D eigenvalue weighted by molar-refractivity contribution is 4.99. The molecule has 13 heavy (non-hydrogen) atoms. The van der Waals surface area contributed by atoms with Crippen molar-refractivity contribution in [2.75, 3.05) is 6.54 Å². The molecule has 3 unspecified atom stereocenters. The lowest BCUT2D eigenvalue weighted by atomic mass is 9.75. The van der Waals surface area contributed by atoms with Gasteiger partial charge in [0.25, 0.3) is 0 Å². The quantitative estimate of drug-likeness (QED) is 0.616. The van der Waals surface area contributed by atoms with Crippen molar-refractivity contribution in [1.29, 1.82) is 0 Å². The van der Waals surface area contributed by atoms with E-state index in [4.69, 9.17) is 5.73 Å². The highest BCUT2D eigenvalue weighted by Gasteiger charge is 2.42. The molecule has 1 saturated carbocycles. The Labute approximate surface area is 81.5 Å². The Balaban J connectivity index is 2.15. The van der Waals surface area contributed by atoms with E-state index in [9.17, 15) is 0 Å². The van der Waals surface area contributed by atoms with E-state index >= 15 is 0 Å². The number of hydrogen-bond acceptors (Lipinski definition) is 2. The van der Waals surface area contributed by atoms with Crippen LogP contribution in [0.3, 0.4) is 0 Å². The molecule has 3 atom stereocenters. The van der Waals surface area contributed by atoms with E-state index in [2.05, 4.69) is 25.7 Å². The summed E-state index contributed by atoms with van der Waals surface area (Å²) in [6, 6.07) is 1.09. The van der Waals surface area contributed by atoms with Gasteiger partial charge in [-0.3, -0.25) is 4.90 Å². The van der Waals surface area contributed by atoms with Crippen LogP contribution in [0.4, 0.5) is 0 Å². The molecular formula is C11H22N2. The largest absolute Gasteiger partial charge is 0.326 e. The van der Waals surface area contributed by atoms with Gasteiger partial charge in [0, 0.05) is 24.2 Å². The molecule has 2 heterocycles. The second-order valence-electron chi connectivity index (χ2n) is 5.73. The van der Waals surface area contributed by atoms with E-state index in [-0.39, 0.29) is 0 Å². The summed E-state index contributed by atoms with van der Waals surface area (Å²) in [4.78, 5) is 2.62. The molecule has 3 aliphatic rings. The van der Waals surface area contributed by atoms with Crippen LogP contribution < -0.4 is 5.73 Å². The van der Waals surface area contributed by atoms with Crippen LogP contribution in [-0.4, -0.2) is 29.1 Å². The van der Waals surface area contributed by atoms with Gasteiger partial charge in [0.05, 0.1) is 0 Å². The van der Waals surface area contributed by atoms with Crippen molar-refractivity contribution in [2.24, 2.45) is 11.7 Å². The van der Waals surface area contributed by atoms with E-state index in [1.807, 2.05) is 0 Å². The molecule has 2 heteroatoms. The molecule has 0 aromatic rings. The smallest absolute Gasteiger partial charge is 0.0252 e. The van der Waals surface area contributed by atoms with Gasteiger partial charge in [-0.2, -0.15) is 0 Å². The van der Waals surface area contributed by atoms with Crippen LogP contribution in [0, 0.1) is 5.92 Å². The van der Waals surface area contributed by atoms with Crippen molar-refractivity contribution in [3.8, 4) is 0 Å².